The third-order valence-corrected chi connectivity index (χ3v) is 5.04. The molecule has 0 unspecified atom stereocenters. The van der Waals surface area contributed by atoms with Crippen LogP contribution in [0.1, 0.15) is 34.6 Å². The summed E-state index contributed by atoms with van der Waals surface area (Å²) in [5.41, 5.74) is 2.39. The molecule has 2 aromatic rings. The van der Waals surface area contributed by atoms with Gasteiger partial charge in [0.2, 0.25) is 5.91 Å². The summed E-state index contributed by atoms with van der Waals surface area (Å²) in [6, 6.07) is 7.60. The van der Waals surface area contributed by atoms with E-state index in [4.69, 9.17) is 0 Å². The molecule has 1 amide bonds. The SMILES string of the molecule is O=C(O)c1nn(-c2cccc(Br)c2)c2c1CN(C(=O)C1CC1)CC2. The molecule has 1 aromatic carbocycles. The molecule has 1 fully saturated rings. The maximum atomic E-state index is 12.3. The summed E-state index contributed by atoms with van der Waals surface area (Å²) in [5.74, 6) is -0.770. The average Bonchev–Trinajstić information content (AvgIpc) is 3.34. The quantitative estimate of drug-likeness (QED) is 0.875. The number of aromatic nitrogens is 2. The highest BCUT2D eigenvalue weighted by atomic mass is 79.9. The standard InChI is InChI=1S/C17H16BrN3O3/c18-11-2-1-3-12(8-11)21-14-6-7-20(16(22)10-4-5-10)9-13(14)15(19-21)17(23)24/h1-3,8,10H,4-7,9H2,(H,23,24). The van der Waals surface area contributed by atoms with Gasteiger partial charge in [-0.15, -0.1) is 0 Å². The number of carboxylic acid groups (broad SMARTS) is 1. The van der Waals surface area contributed by atoms with Crippen LogP contribution < -0.4 is 0 Å². The minimum absolute atomic E-state index is 0.0401. The molecule has 0 bridgehead atoms. The van der Waals surface area contributed by atoms with Gasteiger partial charge in [0.15, 0.2) is 5.69 Å². The molecule has 1 aromatic heterocycles. The van der Waals surface area contributed by atoms with Crippen LogP contribution in [0.25, 0.3) is 5.69 Å². The van der Waals surface area contributed by atoms with Crippen molar-refractivity contribution in [2.24, 2.45) is 5.92 Å². The molecule has 124 valence electrons. The van der Waals surface area contributed by atoms with Crippen molar-refractivity contribution in [2.75, 3.05) is 6.54 Å². The number of carboxylic acids is 1. The number of carbonyl (C=O) groups excluding carboxylic acids is 1. The van der Waals surface area contributed by atoms with E-state index in [0.717, 1.165) is 28.7 Å². The molecule has 1 aliphatic heterocycles. The molecular weight excluding hydrogens is 374 g/mol. The Morgan fingerprint density at radius 3 is 2.75 bits per heavy atom. The number of rotatable bonds is 3. The molecule has 4 rings (SSSR count). The van der Waals surface area contributed by atoms with Crippen LogP contribution in [0.15, 0.2) is 28.7 Å². The zero-order valence-corrected chi connectivity index (χ0v) is 14.5. The predicted octanol–water partition coefficient (Wildman–Crippen LogP) is 2.63. The van der Waals surface area contributed by atoms with E-state index in [1.165, 1.54) is 0 Å². The van der Waals surface area contributed by atoms with Crippen molar-refractivity contribution in [1.29, 1.82) is 0 Å². The van der Waals surface area contributed by atoms with E-state index in [-0.39, 0.29) is 17.5 Å². The molecule has 2 heterocycles. The van der Waals surface area contributed by atoms with Gasteiger partial charge < -0.3 is 10.0 Å². The first-order valence-electron chi connectivity index (χ1n) is 7.93. The predicted molar refractivity (Wildman–Crippen MR) is 90.1 cm³/mol. The van der Waals surface area contributed by atoms with Crippen molar-refractivity contribution in [2.45, 2.75) is 25.8 Å². The maximum Gasteiger partial charge on any atom is 0.356 e. The number of halogens is 1. The smallest absolute Gasteiger partial charge is 0.356 e. The van der Waals surface area contributed by atoms with Crippen LogP contribution >= 0.6 is 15.9 Å². The molecule has 0 spiro atoms. The fraction of sp³-hybridized carbons (Fsp3) is 0.353. The number of hydrogen-bond donors (Lipinski definition) is 1. The Morgan fingerprint density at radius 1 is 1.29 bits per heavy atom. The number of amides is 1. The Morgan fingerprint density at radius 2 is 2.08 bits per heavy atom. The van der Waals surface area contributed by atoms with Crippen molar-refractivity contribution in [3.8, 4) is 5.69 Å². The van der Waals surface area contributed by atoms with Crippen molar-refractivity contribution in [3.63, 3.8) is 0 Å². The summed E-state index contributed by atoms with van der Waals surface area (Å²) in [6.07, 6.45) is 2.51. The maximum absolute atomic E-state index is 12.3. The first kappa shape index (κ1) is 15.4. The van der Waals surface area contributed by atoms with E-state index in [1.54, 1.807) is 9.58 Å². The number of aromatic carboxylic acids is 1. The Labute approximate surface area is 147 Å². The van der Waals surface area contributed by atoms with Gasteiger partial charge in [-0.25, -0.2) is 9.48 Å². The summed E-state index contributed by atoms with van der Waals surface area (Å²) in [4.78, 5) is 25.7. The first-order valence-corrected chi connectivity index (χ1v) is 8.72. The molecule has 1 N–H and O–H groups in total. The summed E-state index contributed by atoms with van der Waals surface area (Å²) in [6.45, 7) is 0.946. The van der Waals surface area contributed by atoms with E-state index in [0.29, 0.717) is 25.1 Å². The summed E-state index contributed by atoms with van der Waals surface area (Å²) >= 11 is 3.43. The number of benzene rings is 1. The van der Waals surface area contributed by atoms with Gasteiger partial charge >= 0.3 is 5.97 Å². The van der Waals surface area contributed by atoms with E-state index < -0.39 is 5.97 Å². The highest BCUT2D eigenvalue weighted by Gasteiger charge is 2.37. The van der Waals surface area contributed by atoms with Gasteiger partial charge in [0.25, 0.3) is 0 Å². The van der Waals surface area contributed by atoms with Crippen LogP contribution in [0.2, 0.25) is 0 Å². The summed E-state index contributed by atoms with van der Waals surface area (Å²) < 4.78 is 2.60. The van der Waals surface area contributed by atoms with Gasteiger partial charge in [0, 0.05) is 35.5 Å². The number of carbonyl (C=O) groups is 2. The number of hydrogen-bond acceptors (Lipinski definition) is 3. The van der Waals surface area contributed by atoms with Crippen molar-refractivity contribution < 1.29 is 14.7 Å². The third-order valence-electron chi connectivity index (χ3n) is 4.55. The van der Waals surface area contributed by atoms with E-state index in [9.17, 15) is 14.7 Å². The summed E-state index contributed by atoms with van der Waals surface area (Å²) in [7, 11) is 0. The second-order valence-electron chi connectivity index (χ2n) is 6.25. The topological polar surface area (TPSA) is 75.4 Å². The molecule has 1 aliphatic carbocycles. The lowest BCUT2D eigenvalue weighted by Gasteiger charge is -2.27. The van der Waals surface area contributed by atoms with Gasteiger partial charge in [-0.05, 0) is 31.0 Å². The Bertz CT molecular complexity index is 842. The lowest BCUT2D eigenvalue weighted by Crippen LogP contribution is -2.37. The van der Waals surface area contributed by atoms with Gasteiger partial charge in [0.05, 0.1) is 11.4 Å². The average molecular weight is 390 g/mol. The van der Waals surface area contributed by atoms with Crippen molar-refractivity contribution >= 4 is 27.8 Å². The largest absolute Gasteiger partial charge is 0.476 e. The van der Waals surface area contributed by atoms with Crippen LogP contribution in [0.3, 0.4) is 0 Å². The minimum atomic E-state index is -1.05. The molecule has 1 saturated carbocycles. The molecule has 0 saturated heterocycles. The Kier molecular flexibility index (Phi) is 3.68. The Hall–Kier alpha value is -2.15. The lowest BCUT2D eigenvalue weighted by atomic mass is 10.0. The van der Waals surface area contributed by atoms with Crippen LogP contribution in [-0.4, -0.2) is 38.2 Å². The third kappa shape index (κ3) is 2.62. The molecule has 0 radical (unpaired) electrons. The monoisotopic (exact) mass is 389 g/mol. The second-order valence-corrected chi connectivity index (χ2v) is 7.17. The highest BCUT2D eigenvalue weighted by Crippen LogP contribution is 2.34. The fourth-order valence-corrected chi connectivity index (χ4v) is 3.58. The molecule has 7 heteroatoms. The zero-order chi connectivity index (χ0) is 16.8. The molecule has 24 heavy (non-hydrogen) atoms. The molecule has 6 nitrogen and oxygen atoms in total. The van der Waals surface area contributed by atoms with Gasteiger partial charge in [-0.1, -0.05) is 22.0 Å². The van der Waals surface area contributed by atoms with E-state index >= 15 is 0 Å². The molecular formula is C17H16BrN3O3. The van der Waals surface area contributed by atoms with Crippen LogP contribution in [-0.2, 0) is 17.8 Å². The molecule has 2 aliphatic rings. The second kappa shape index (κ2) is 5.73. The number of nitrogens with zero attached hydrogens (tertiary/aromatic N) is 3. The van der Waals surface area contributed by atoms with Crippen LogP contribution in [0.4, 0.5) is 0 Å². The van der Waals surface area contributed by atoms with Crippen LogP contribution in [0, 0.1) is 5.92 Å². The van der Waals surface area contributed by atoms with Gasteiger partial charge in [-0.2, -0.15) is 5.10 Å². The van der Waals surface area contributed by atoms with E-state index in [2.05, 4.69) is 21.0 Å². The normalized spacial score (nSPS) is 16.8. The Balaban J connectivity index is 1.75. The summed E-state index contributed by atoms with van der Waals surface area (Å²) in [5, 5.41) is 13.8. The van der Waals surface area contributed by atoms with Crippen molar-refractivity contribution in [1.82, 2.24) is 14.7 Å². The number of fused-ring (bicyclic) bond motifs is 1. The molecule has 0 atom stereocenters. The lowest BCUT2D eigenvalue weighted by molar-refractivity contribution is -0.133. The van der Waals surface area contributed by atoms with Gasteiger partial charge in [0.1, 0.15) is 0 Å². The van der Waals surface area contributed by atoms with Gasteiger partial charge in [-0.3, -0.25) is 4.79 Å². The zero-order valence-electron chi connectivity index (χ0n) is 12.9. The van der Waals surface area contributed by atoms with E-state index in [1.807, 2.05) is 24.3 Å². The minimum Gasteiger partial charge on any atom is -0.476 e. The first-order chi connectivity index (χ1) is 11.5. The highest BCUT2D eigenvalue weighted by molar-refractivity contribution is 9.10. The fourth-order valence-electron chi connectivity index (χ4n) is 3.19. The van der Waals surface area contributed by atoms with Crippen LogP contribution in [0.5, 0.6) is 0 Å². The van der Waals surface area contributed by atoms with Crippen molar-refractivity contribution in [3.05, 3.63) is 45.7 Å².